The molecule has 0 atom stereocenters. The number of halogens is 1. The minimum Gasteiger partial charge on any atom is -0.497 e. The quantitative estimate of drug-likeness (QED) is 0.0726. The predicted octanol–water partition coefficient (Wildman–Crippen LogP) is 5.26. The predicted molar refractivity (Wildman–Crippen MR) is 195 cm³/mol. The van der Waals surface area contributed by atoms with Gasteiger partial charge in [-0.3, -0.25) is 9.59 Å². The Morgan fingerprint density at radius 1 is 0.673 bits per heavy atom. The van der Waals surface area contributed by atoms with Crippen molar-refractivity contribution in [2.45, 2.75) is 13.8 Å². The molecule has 17 heteroatoms. The number of anilines is 3. The smallest absolute Gasteiger partial charge is 0.218 e. The Morgan fingerprint density at radius 2 is 0.959 bits per heavy atom. The number of hydrogen-bond acceptors (Lipinski definition) is 14. The van der Waals surface area contributed by atoms with Crippen molar-refractivity contribution in [2.75, 3.05) is 85.6 Å². The Bertz CT molecular complexity index is 1460. The Balaban J connectivity index is 0. The van der Waals surface area contributed by atoms with Crippen molar-refractivity contribution in [2.24, 2.45) is 0 Å². The van der Waals surface area contributed by atoms with Crippen LogP contribution in [-0.2, 0) is 18.8 Å². The normalized spacial score (nSPS) is 10.5. The van der Waals surface area contributed by atoms with E-state index in [1.807, 2.05) is 37.2 Å². The van der Waals surface area contributed by atoms with Gasteiger partial charge in [0.1, 0.15) is 49.7 Å². The first-order valence-electron chi connectivity index (χ1n) is 13.9. The molecule has 3 aromatic rings. The molecule has 6 N–H and O–H groups in total. The first-order valence-corrected chi connectivity index (χ1v) is 16.9. The molecule has 0 heterocycles. The van der Waals surface area contributed by atoms with Crippen LogP contribution in [0.5, 0.6) is 34.5 Å². The van der Waals surface area contributed by atoms with E-state index in [1.54, 1.807) is 58.8 Å². The van der Waals surface area contributed by atoms with Gasteiger partial charge in [0.2, 0.25) is 5.24 Å². The summed E-state index contributed by atoms with van der Waals surface area (Å²) < 4.78 is 52.2. The lowest BCUT2D eigenvalue weighted by molar-refractivity contribution is -0.141. The van der Waals surface area contributed by atoms with E-state index in [-0.39, 0.29) is 11.0 Å². The highest BCUT2D eigenvalue weighted by atomic mass is 35.5. The Morgan fingerprint density at radius 3 is 1.18 bits per heavy atom. The molecule has 0 bridgehead atoms. The number of ether oxygens (including phenoxy) is 6. The number of methoxy groups -OCH3 is 6. The van der Waals surface area contributed by atoms with Crippen LogP contribution in [0.15, 0.2) is 48.5 Å². The Hall–Kier alpha value is -4.48. The van der Waals surface area contributed by atoms with E-state index >= 15 is 0 Å². The van der Waals surface area contributed by atoms with Gasteiger partial charge in [0.25, 0.3) is 0 Å². The van der Waals surface area contributed by atoms with Crippen LogP contribution in [0.4, 0.5) is 17.1 Å². The van der Waals surface area contributed by atoms with Crippen molar-refractivity contribution >= 4 is 49.3 Å². The summed E-state index contributed by atoms with van der Waals surface area (Å²) in [5.41, 5.74) is 13.8. The van der Waals surface area contributed by atoms with E-state index < -0.39 is 9.63 Å². The second kappa shape index (κ2) is 22.2. The number of nitrogens with zero attached hydrogens (tertiary/aromatic N) is 1. The third-order valence-corrected chi connectivity index (χ3v) is 5.75. The number of benzene rings is 3. The summed E-state index contributed by atoms with van der Waals surface area (Å²) in [6.07, 6.45) is 1.80. The molecule has 0 aromatic heterocycles. The van der Waals surface area contributed by atoms with Crippen LogP contribution in [0.1, 0.15) is 24.2 Å². The first kappa shape index (κ1) is 46.6. The number of nitrogen functional groups attached to an aromatic ring is 2. The van der Waals surface area contributed by atoms with E-state index in [2.05, 4.69) is 15.9 Å². The van der Waals surface area contributed by atoms with E-state index in [0.29, 0.717) is 39.9 Å². The topological polar surface area (TPSA) is 212 Å². The van der Waals surface area contributed by atoms with Crippen molar-refractivity contribution in [1.82, 2.24) is 0 Å². The fraction of sp³-hybridized carbons (Fsp3) is 0.375. The number of carbonyl (C=O) groups is 2. The Labute approximate surface area is 293 Å². The van der Waals surface area contributed by atoms with Gasteiger partial charge in [0.05, 0.1) is 42.7 Å². The second-order valence-electron chi connectivity index (χ2n) is 10.2. The van der Waals surface area contributed by atoms with Crippen molar-refractivity contribution < 1.29 is 56.4 Å². The van der Waals surface area contributed by atoms with Crippen molar-refractivity contribution in [3.05, 3.63) is 54.1 Å². The Kier molecular flexibility index (Phi) is 21.1. The molecular formula is C32H50ClN3O12S. The maximum absolute atomic E-state index is 11.3. The van der Waals surface area contributed by atoms with Gasteiger partial charge in [0.15, 0.2) is 5.78 Å². The number of Topliss-reactive ketones (excluding diaryl/α,β-unsaturated/α-hetero) is 1. The summed E-state index contributed by atoms with van der Waals surface area (Å²) in [4.78, 5) is 22.5. The van der Waals surface area contributed by atoms with Gasteiger partial charge >= 0.3 is 0 Å². The van der Waals surface area contributed by atoms with Crippen LogP contribution < -0.4 is 44.8 Å². The molecule has 0 saturated carbocycles. The number of nitrogens with two attached hydrogens (primary N) is 2. The van der Waals surface area contributed by atoms with E-state index in [1.165, 1.54) is 28.1 Å². The highest BCUT2D eigenvalue weighted by Crippen LogP contribution is 2.32. The van der Waals surface area contributed by atoms with Gasteiger partial charge in [-0.15, -0.1) is 4.33 Å². The van der Waals surface area contributed by atoms with E-state index in [0.717, 1.165) is 29.7 Å². The molecule has 49 heavy (non-hydrogen) atoms. The summed E-state index contributed by atoms with van der Waals surface area (Å²) >= 11 is 4.64. The van der Waals surface area contributed by atoms with Crippen molar-refractivity contribution in [3.8, 4) is 34.5 Å². The van der Waals surface area contributed by atoms with Gasteiger partial charge in [-0.1, -0.05) is 0 Å². The number of carbonyl (C=O) groups excluding carboxylic acids is 2. The fourth-order valence-electron chi connectivity index (χ4n) is 3.16. The molecule has 0 amide bonds. The van der Waals surface area contributed by atoms with Crippen molar-refractivity contribution in [3.63, 3.8) is 0 Å². The molecule has 3 rings (SSSR count). The van der Waals surface area contributed by atoms with Crippen LogP contribution in [0.2, 0.25) is 0 Å². The molecule has 0 radical (unpaired) electrons. The molecule has 0 spiro atoms. The summed E-state index contributed by atoms with van der Waals surface area (Å²) in [7, 11) is 9.35. The zero-order valence-electron chi connectivity index (χ0n) is 30.0. The SMILES string of the molecule is CC(=O)Cl.COc1cc(N)cc(OC)c1.COc1cc(N)cc(OC)c1C(C)=O.COc1cc(OC)cc(N(C)C)c1.CS(C)(=O)(O)OO. The minimum atomic E-state index is -4.06. The first-order chi connectivity index (χ1) is 22.6. The number of hydrogen-bond donors (Lipinski definition) is 4. The second-order valence-corrected chi connectivity index (χ2v) is 14.2. The van der Waals surface area contributed by atoms with E-state index in [4.69, 9.17) is 49.7 Å². The molecule has 0 saturated heterocycles. The zero-order chi connectivity index (χ0) is 38.6. The number of rotatable bonds is 9. The molecule has 0 aliphatic heterocycles. The lowest BCUT2D eigenvalue weighted by atomic mass is 10.1. The van der Waals surface area contributed by atoms with Crippen LogP contribution in [0, 0.1) is 0 Å². The molecule has 0 aliphatic rings. The lowest BCUT2D eigenvalue weighted by Crippen LogP contribution is -2.29. The van der Waals surface area contributed by atoms with Gasteiger partial charge in [-0.25, -0.2) is 9.47 Å². The third kappa shape index (κ3) is 21.2. The molecule has 3 aromatic carbocycles. The summed E-state index contributed by atoms with van der Waals surface area (Å²) in [6, 6.07) is 14.2. The van der Waals surface area contributed by atoms with Crippen LogP contribution >= 0.6 is 11.6 Å². The number of ketones is 1. The summed E-state index contributed by atoms with van der Waals surface area (Å²) in [5, 5.41) is 7.29. The summed E-state index contributed by atoms with van der Waals surface area (Å²) in [6.45, 7) is 2.75. The van der Waals surface area contributed by atoms with E-state index in [9.17, 15) is 13.8 Å². The van der Waals surface area contributed by atoms with Gasteiger partial charge in [0, 0.05) is 99.1 Å². The van der Waals surface area contributed by atoms with Crippen LogP contribution in [0.3, 0.4) is 0 Å². The lowest BCUT2D eigenvalue weighted by Gasteiger charge is -2.20. The standard InChI is InChI=1S/C10H13NO3.C10H15NO2.C8H11NO2.C2H3ClO.C2H8O4S/c1-6(12)10-8(13-2)4-7(11)5-9(10)14-3;1-11(2)8-5-9(12-3)7-10(6-8)13-4;1-10-7-3-6(9)4-8(5-7)11-2;1-2(3)4;1-7(2,4,5)6-3/h4-5H,11H2,1-3H3;5-7H,1-4H3;3-5H,9H2,1-2H3;1H3;3H,1-2H3,(H,4,5). The van der Waals surface area contributed by atoms with Crippen molar-refractivity contribution in [1.29, 1.82) is 0 Å². The average Bonchev–Trinajstić information content (AvgIpc) is 3.03. The molecular weight excluding hydrogens is 686 g/mol. The third-order valence-electron chi connectivity index (χ3n) is 5.32. The maximum Gasteiger partial charge on any atom is 0.218 e. The maximum atomic E-state index is 11.3. The average molecular weight is 736 g/mol. The molecule has 0 unspecified atom stereocenters. The highest BCUT2D eigenvalue weighted by molar-refractivity contribution is 8.09. The fourth-order valence-corrected chi connectivity index (χ4v) is 3.16. The van der Waals surface area contributed by atoms with Crippen LogP contribution in [0.25, 0.3) is 0 Å². The highest BCUT2D eigenvalue weighted by Gasteiger charge is 2.18. The molecule has 15 nitrogen and oxygen atoms in total. The largest absolute Gasteiger partial charge is 0.497 e. The molecule has 278 valence electrons. The van der Waals surface area contributed by atoms with Crippen LogP contribution in [-0.4, -0.2) is 94.3 Å². The zero-order valence-corrected chi connectivity index (χ0v) is 31.6. The minimum absolute atomic E-state index is 0.112. The van der Waals surface area contributed by atoms with Gasteiger partial charge in [-0.05, 0) is 18.5 Å². The van der Waals surface area contributed by atoms with Gasteiger partial charge in [-0.2, -0.15) is 0 Å². The monoisotopic (exact) mass is 735 g/mol. The molecule has 0 aliphatic carbocycles. The summed E-state index contributed by atoms with van der Waals surface area (Å²) in [5.74, 6) is 3.80. The van der Waals surface area contributed by atoms with Gasteiger partial charge < -0.3 is 49.3 Å². The molecule has 0 fully saturated rings.